The monoisotopic (exact) mass is 329 g/mol. The second-order valence-corrected chi connectivity index (χ2v) is 6.14. The highest BCUT2D eigenvalue weighted by atomic mass is 16.2. The SMILES string of the molecule is Cc1cccc(N2CCN(C(=O)NC(C)c3nnnn3C)CC2)c1. The number of tetrazole rings is 1. The van der Waals surface area contributed by atoms with Crippen LogP contribution in [0.25, 0.3) is 0 Å². The van der Waals surface area contributed by atoms with E-state index >= 15 is 0 Å². The third-order valence-electron chi connectivity index (χ3n) is 4.31. The van der Waals surface area contributed by atoms with E-state index in [1.807, 2.05) is 11.8 Å². The van der Waals surface area contributed by atoms with Gasteiger partial charge in [0.05, 0.1) is 6.04 Å². The predicted molar refractivity (Wildman–Crippen MR) is 90.7 cm³/mol. The molecular formula is C16H23N7O. The van der Waals surface area contributed by atoms with Crippen LogP contribution in [-0.2, 0) is 7.05 Å². The zero-order chi connectivity index (χ0) is 17.1. The van der Waals surface area contributed by atoms with Gasteiger partial charge in [-0.3, -0.25) is 0 Å². The Morgan fingerprint density at radius 2 is 2.00 bits per heavy atom. The van der Waals surface area contributed by atoms with Crippen molar-refractivity contribution in [3.63, 3.8) is 0 Å². The van der Waals surface area contributed by atoms with Crippen molar-refractivity contribution in [1.82, 2.24) is 30.4 Å². The summed E-state index contributed by atoms with van der Waals surface area (Å²) in [5, 5.41) is 14.3. The van der Waals surface area contributed by atoms with E-state index in [4.69, 9.17) is 0 Å². The molecule has 3 rings (SSSR count). The van der Waals surface area contributed by atoms with Crippen LogP contribution in [0.5, 0.6) is 0 Å². The van der Waals surface area contributed by atoms with Gasteiger partial charge in [0.1, 0.15) is 0 Å². The first-order valence-corrected chi connectivity index (χ1v) is 8.14. The van der Waals surface area contributed by atoms with Gasteiger partial charge in [0.15, 0.2) is 5.82 Å². The molecule has 1 aliphatic heterocycles. The summed E-state index contributed by atoms with van der Waals surface area (Å²) in [4.78, 5) is 16.6. The molecule has 128 valence electrons. The number of anilines is 1. The molecule has 0 bridgehead atoms. The molecule has 8 heteroatoms. The number of piperazine rings is 1. The number of amides is 2. The van der Waals surface area contributed by atoms with Crippen LogP contribution in [0.1, 0.15) is 24.4 Å². The van der Waals surface area contributed by atoms with Crippen molar-refractivity contribution in [2.75, 3.05) is 31.1 Å². The predicted octanol–water partition coefficient (Wildman–Crippen LogP) is 1.11. The second kappa shape index (κ2) is 6.86. The first kappa shape index (κ1) is 16.2. The Bertz CT molecular complexity index is 706. The molecule has 2 aromatic rings. The fraction of sp³-hybridized carbons (Fsp3) is 0.500. The van der Waals surface area contributed by atoms with Crippen molar-refractivity contribution >= 4 is 11.7 Å². The van der Waals surface area contributed by atoms with Crippen molar-refractivity contribution in [3.8, 4) is 0 Å². The van der Waals surface area contributed by atoms with Gasteiger partial charge in [-0.2, -0.15) is 0 Å². The van der Waals surface area contributed by atoms with E-state index in [0.29, 0.717) is 18.9 Å². The normalized spacial score (nSPS) is 16.1. The fourth-order valence-electron chi connectivity index (χ4n) is 2.94. The summed E-state index contributed by atoms with van der Waals surface area (Å²) in [5.41, 5.74) is 2.47. The maximum atomic E-state index is 12.4. The lowest BCUT2D eigenvalue weighted by atomic mass is 10.2. The minimum absolute atomic E-state index is 0.0746. The number of urea groups is 1. The molecule has 2 heterocycles. The number of rotatable bonds is 3. The van der Waals surface area contributed by atoms with Crippen LogP contribution in [0, 0.1) is 6.92 Å². The first-order valence-electron chi connectivity index (χ1n) is 8.14. The average Bonchev–Trinajstić information content (AvgIpc) is 3.01. The zero-order valence-corrected chi connectivity index (χ0v) is 14.3. The fourth-order valence-corrected chi connectivity index (χ4v) is 2.94. The Morgan fingerprint density at radius 1 is 1.25 bits per heavy atom. The van der Waals surface area contributed by atoms with Crippen LogP contribution in [0.2, 0.25) is 0 Å². The molecule has 1 aliphatic rings. The molecule has 1 fully saturated rings. The van der Waals surface area contributed by atoms with Gasteiger partial charge in [-0.25, -0.2) is 9.48 Å². The average molecular weight is 329 g/mol. The summed E-state index contributed by atoms with van der Waals surface area (Å²) < 4.78 is 1.57. The Kier molecular flexibility index (Phi) is 4.64. The lowest BCUT2D eigenvalue weighted by molar-refractivity contribution is 0.190. The highest BCUT2D eigenvalue weighted by Crippen LogP contribution is 2.18. The van der Waals surface area contributed by atoms with Crippen molar-refractivity contribution in [1.29, 1.82) is 0 Å². The first-order chi connectivity index (χ1) is 11.5. The largest absolute Gasteiger partial charge is 0.368 e. The van der Waals surface area contributed by atoms with Gasteiger partial charge in [-0.15, -0.1) is 5.10 Å². The molecular weight excluding hydrogens is 306 g/mol. The van der Waals surface area contributed by atoms with E-state index in [0.717, 1.165) is 13.1 Å². The molecule has 0 spiro atoms. The van der Waals surface area contributed by atoms with E-state index in [-0.39, 0.29) is 12.1 Å². The molecule has 1 unspecified atom stereocenters. The number of aromatic nitrogens is 4. The summed E-state index contributed by atoms with van der Waals surface area (Å²) in [6.07, 6.45) is 0. The van der Waals surface area contributed by atoms with Gasteiger partial charge in [0.25, 0.3) is 0 Å². The molecule has 0 radical (unpaired) electrons. The van der Waals surface area contributed by atoms with Crippen LogP contribution in [0.15, 0.2) is 24.3 Å². The minimum atomic E-state index is -0.229. The van der Waals surface area contributed by atoms with Crippen molar-refractivity contribution < 1.29 is 4.79 Å². The van der Waals surface area contributed by atoms with Crippen LogP contribution in [-0.4, -0.2) is 57.3 Å². The number of nitrogens with zero attached hydrogens (tertiary/aromatic N) is 6. The van der Waals surface area contributed by atoms with Crippen LogP contribution in [0.4, 0.5) is 10.5 Å². The lowest BCUT2D eigenvalue weighted by Crippen LogP contribution is -2.52. The number of benzene rings is 1. The van der Waals surface area contributed by atoms with Crippen molar-refractivity contribution in [2.24, 2.45) is 7.05 Å². The standard InChI is InChI=1S/C16H23N7O/c1-12-5-4-6-14(11-12)22-7-9-23(10-8-22)16(24)17-13(2)15-18-19-20-21(15)3/h4-6,11,13H,7-10H2,1-3H3,(H,17,24). The smallest absolute Gasteiger partial charge is 0.318 e. The number of carbonyl (C=O) groups is 1. The summed E-state index contributed by atoms with van der Waals surface area (Å²) in [5.74, 6) is 0.641. The van der Waals surface area contributed by atoms with Gasteiger partial charge in [0, 0.05) is 38.9 Å². The van der Waals surface area contributed by atoms with E-state index in [9.17, 15) is 4.79 Å². The Morgan fingerprint density at radius 3 is 2.62 bits per heavy atom. The second-order valence-electron chi connectivity index (χ2n) is 6.14. The summed E-state index contributed by atoms with van der Waals surface area (Å²) >= 11 is 0. The highest BCUT2D eigenvalue weighted by molar-refractivity contribution is 5.75. The molecule has 2 amide bonds. The number of nitrogens with one attached hydrogen (secondary N) is 1. The van der Waals surface area contributed by atoms with E-state index in [1.54, 1.807) is 11.7 Å². The van der Waals surface area contributed by atoms with Gasteiger partial charge in [-0.05, 0) is 42.0 Å². The van der Waals surface area contributed by atoms with Gasteiger partial charge >= 0.3 is 6.03 Å². The van der Waals surface area contributed by atoms with Crippen molar-refractivity contribution in [2.45, 2.75) is 19.9 Å². The molecule has 1 aromatic carbocycles. The third-order valence-corrected chi connectivity index (χ3v) is 4.31. The lowest BCUT2D eigenvalue weighted by Gasteiger charge is -2.36. The number of carbonyl (C=O) groups excluding carboxylic acids is 1. The minimum Gasteiger partial charge on any atom is -0.368 e. The van der Waals surface area contributed by atoms with Crippen LogP contribution in [0.3, 0.4) is 0 Å². The molecule has 0 saturated carbocycles. The third kappa shape index (κ3) is 3.47. The van der Waals surface area contributed by atoms with Crippen molar-refractivity contribution in [3.05, 3.63) is 35.7 Å². The van der Waals surface area contributed by atoms with Gasteiger partial charge in [-0.1, -0.05) is 12.1 Å². The van der Waals surface area contributed by atoms with Gasteiger partial charge < -0.3 is 15.1 Å². The maximum Gasteiger partial charge on any atom is 0.318 e. The molecule has 0 aliphatic carbocycles. The van der Waals surface area contributed by atoms with E-state index in [1.165, 1.54) is 11.3 Å². The molecule has 1 saturated heterocycles. The quantitative estimate of drug-likeness (QED) is 0.912. The summed E-state index contributed by atoms with van der Waals surface area (Å²) in [7, 11) is 1.76. The maximum absolute atomic E-state index is 12.4. The molecule has 1 aromatic heterocycles. The Balaban J connectivity index is 1.54. The molecule has 1 atom stereocenters. The summed E-state index contributed by atoms with van der Waals surface area (Å²) in [6.45, 7) is 7.03. The molecule has 1 N–H and O–H groups in total. The number of aryl methyl sites for hydroxylation is 2. The molecule has 8 nitrogen and oxygen atoms in total. The number of hydrogen-bond acceptors (Lipinski definition) is 5. The number of hydrogen-bond donors (Lipinski definition) is 1. The van der Waals surface area contributed by atoms with Gasteiger partial charge in [0.2, 0.25) is 0 Å². The van der Waals surface area contributed by atoms with Crippen LogP contribution < -0.4 is 10.2 Å². The topological polar surface area (TPSA) is 79.2 Å². The van der Waals surface area contributed by atoms with Crippen LogP contribution >= 0.6 is 0 Å². The Labute approximate surface area is 141 Å². The van der Waals surface area contributed by atoms with E-state index in [2.05, 4.69) is 56.9 Å². The zero-order valence-electron chi connectivity index (χ0n) is 14.3. The summed E-state index contributed by atoms with van der Waals surface area (Å²) in [6, 6.07) is 8.16. The molecule has 24 heavy (non-hydrogen) atoms. The Hall–Kier alpha value is -2.64. The highest BCUT2D eigenvalue weighted by Gasteiger charge is 2.23. The van der Waals surface area contributed by atoms with E-state index < -0.39 is 0 Å².